The molecule has 0 aromatic carbocycles. The van der Waals surface area contributed by atoms with Crippen LogP contribution < -0.4 is 5.32 Å². The third-order valence-corrected chi connectivity index (χ3v) is 7.24. The van der Waals surface area contributed by atoms with Crippen LogP contribution in [-0.4, -0.2) is 68.0 Å². The Kier molecular flexibility index (Phi) is 9.70. The van der Waals surface area contributed by atoms with Crippen LogP contribution in [0.15, 0.2) is 0 Å². The molecule has 0 aromatic rings. The molecule has 2 aliphatic rings. The average Bonchev–Trinajstić information content (AvgIpc) is 2.60. The summed E-state index contributed by atoms with van der Waals surface area (Å²) in [5.41, 5.74) is 0. The van der Waals surface area contributed by atoms with Crippen molar-refractivity contribution in [3.8, 4) is 0 Å². The fourth-order valence-electron chi connectivity index (χ4n) is 3.78. The van der Waals surface area contributed by atoms with Crippen LogP contribution in [0.3, 0.4) is 0 Å². The number of nitrogens with one attached hydrogen (secondary N) is 1. The summed E-state index contributed by atoms with van der Waals surface area (Å²) in [6.07, 6.45) is 5.07. The van der Waals surface area contributed by atoms with Crippen molar-refractivity contribution in [2.75, 3.05) is 38.5 Å². The van der Waals surface area contributed by atoms with Gasteiger partial charge < -0.3 is 10.2 Å². The first kappa shape index (κ1) is 22.7. The number of amides is 1. The fourth-order valence-corrected chi connectivity index (χ4v) is 5.52. The number of likely N-dealkylation sites (tertiary alicyclic amines) is 1. The highest BCUT2D eigenvalue weighted by molar-refractivity contribution is 7.89. The smallest absolute Gasteiger partial charge is 0.241 e. The van der Waals surface area contributed by atoms with E-state index in [4.69, 9.17) is 0 Å². The zero-order valence-electron chi connectivity index (χ0n) is 15.6. The van der Waals surface area contributed by atoms with E-state index in [1.54, 1.807) is 0 Å². The summed E-state index contributed by atoms with van der Waals surface area (Å²) in [6.45, 7) is 7.97. The topological polar surface area (TPSA) is 69.7 Å². The lowest BCUT2D eigenvalue weighted by Gasteiger charge is -2.39. The number of carbonyl (C=O) groups is 1. The molecular weight excluding hydrogens is 362 g/mol. The van der Waals surface area contributed by atoms with Gasteiger partial charge in [0.2, 0.25) is 15.9 Å². The predicted octanol–water partition coefficient (Wildman–Crippen LogP) is 1.85. The summed E-state index contributed by atoms with van der Waals surface area (Å²) in [4.78, 5) is 14.8. The second-order valence-corrected chi connectivity index (χ2v) is 9.06. The third kappa shape index (κ3) is 6.08. The Morgan fingerprint density at radius 2 is 1.76 bits per heavy atom. The average molecular weight is 396 g/mol. The van der Waals surface area contributed by atoms with Crippen LogP contribution in [-0.2, 0) is 14.8 Å². The molecule has 0 saturated carbocycles. The van der Waals surface area contributed by atoms with Gasteiger partial charge in [-0.05, 0) is 51.1 Å². The third-order valence-electron chi connectivity index (χ3n) is 5.17. The van der Waals surface area contributed by atoms with Crippen molar-refractivity contribution in [2.24, 2.45) is 5.92 Å². The van der Waals surface area contributed by atoms with Crippen molar-refractivity contribution in [2.45, 2.75) is 58.4 Å². The monoisotopic (exact) mass is 395 g/mol. The zero-order valence-corrected chi connectivity index (χ0v) is 17.2. The van der Waals surface area contributed by atoms with Crippen LogP contribution >= 0.6 is 12.4 Å². The summed E-state index contributed by atoms with van der Waals surface area (Å²) in [5, 5.41) is 3.38. The van der Waals surface area contributed by atoms with Gasteiger partial charge in [-0.2, -0.15) is 4.31 Å². The highest BCUT2D eigenvalue weighted by Gasteiger charge is 2.38. The Bertz CT molecular complexity index is 507. The molecule has 1 unspecified atom stereocenters. The number of hydrogen-bond donors (Lipinski definition) is 1. The predicted molar refractivity (Wildman–Crippen MR) is 104 cm³/mol. The van der Waals surface area contributed by atoms with Crippen molar-refractivity contribution >= 4 is 28.3 Å². The van der Waals surface area contributed by atoms with E-state index in [0.717, 1.165) is 51.9 Å². The number of rotatable bonds is 7. The Labute approximate surface area is 159 Å². The van der Waals surface area contributed by atoms with Crippen LogP contribution in [0.4, 0.5) is 0 Å². The minimum absolute atomic E-state index is 0. The van der Waals surface area contributed by atoms with Crippen LogP contribution in [0.5, 0.6) is 0 Å². The highest BCUT2D eigenvalue weighted by atomic mass is 35.5. The first-order chi connectivity index (χ1) is 11.5. The van der Waals surface area contributed by atoms with Gasteiger partial charge in [-0.25, -0.2) is 8.42 Å². The highest BCUT2D eigenvalue weighted by Crippen LogP contribution is 2.25. The number of carbonyl (C=O) groups excluding carboxylic acids is 1. The lowest BCUT2D eigenvalue weighted by Crippen LogP contribution is -2.55. The summed E-state index contributed by atoms with van der Waals surface area (Å²) in [6, 6.07) is -0.472. The van der Waals surface area contributed by atoms with Crippen molar-refractivity contribution < 1.29 is 13.2 Å². The summed E-state index contributed by atoms with van der Waals surface area (Å²) in [7, 11) is -3.31. The van der Waals surface area contributed by atoms with Crippen molar-refractivity contribution in [1.82, 2.24) is 14.5 Å². The number of nitrogens with zero attached hydrogens (tertiary/aromatic N) is 2. The van der Waals surface area contributed by atoms with Gasteiger partial charge in [-0.1, -0.05) is 20.3 Å². The standard InChI is InChI=1S/C17H33N3O3S.ClH/c1-3-13-24(22,23)20-10-6-5-7-16(20)17(21)19-11-8-15(9-12-19)14-18-4-2;/h15-16,18H,3-14H2,1-2H3;1H. The van der Waals surface area contributed by atoms with E-state index in [9.17, 15) is 13.2 Å². The molecule has 0 spiro atoms. The Morgan fingerprint density at radius 3 is 2.36 bits per heavy atom. The molecule has 2 saturated heterocycles. The molecule has 148 valence electrons. The molecule has 6 nitrogen and oxygen atoms in total. The van der Waals surface area contributed by atoms with E-state index in [1.165, 1.54) is 4.31 Å². The summed E-state index contributed by atoms with van der Waals surface area (Å²) < 4.78 is 26.5. The van der Waals surface area contributed by atoms with E-state index in [1.807, 2.05) is 11.8 Å². The second kappa shape index (κ2) is 10.7. The van der Waals surface area contributed by atoms with E-state index < -0.39 is 16.1 Å². The fraction of sp³-hybridized carbons (Fsp3) is 0.941. The normalized spacial score (nSPS) is 23.3. The van der Waals surface area contributed by atoms with E-state index in [0.29, 0.717) is 25.3 Å². The summed E-state index contributed by atoms with van der Waals surface area (Å²) >= 11 is 0. The Balaban J connectivity index is 0.00000312. The SMILES string of the molecule is CCCS(=O)(=O)N1CCCCC1C(=O)N1CCC(CNCC)CC1.Cl. The Morgan fingerprint density at radius 1 is 1.08 bits per heavy atom. The first-order valence-corrected chi connectivity index (χ1v) is 11.1. The molecule has 1 amide bonds. The number of halogens is 1. The minimum Gasteiger partial charge on any atom is -0.341 e. The van der Waals surface area contributed by atoms with Crippen molar-refractivity contribution in [3.05, 3.63) is 0 Å². The molecule has 0 bridgehead atoms. The van der Waals surface area contributed by atoms with Crippen molar-refractivity contribution in [1.29, 1.82) is 0 Å². The van der Waals surface area contributed by atoms with Crippen LogP contribution in [0.1, 0.15) is 52.4 Å². The molecular formula is C17H34ClN3O3S. The first-order valence-electron chi connectivity index (χ1n) is 9.48. The molecule has 1 N–H and O–H groups in total. The molecule has 0 radical (unpaired) electrons. The molecule has 0 aliphatic carbocycles. The zero-order chi connectivity index (χ0) is 17.6. The maximum atomic E-state index is 12.9. The quantitative estimate of drug-likeness (QED) is 0.714. The number of piperidine rings is 2. The van der Waals surface area contributed by atoms with E-state index >= 15 is 0 Å². The maximum absolute atomic E-state index is 12.9. The molecule has 2 rings (SSSR count). The molecule has 1 atom stereocenters. The number of sulfonamides is 1. The molecule has 2 aliphatic heterocycles. The minimum atomic E-state index is -3.31. The Hall–Kier alpha value is -0.370. The van der Waals surface area contributed by atoms with Gasteiger partial charge in [0.15, 0.2) is 0 Å². The molecule has 2 heterocycles. The molecule has 8 heteroatoms. The lowest BCUT2D eigenvalue weighted by atomic mass is 9.95. The van der Waals surface area contributed by atoms with Gasteiger partial charge >= 0.3 is 0 Å². The van der Waals surface area contributed by atoms with Gasteiger partial charge in [0, 0.05) is 19.6 Å². The maximum Gasteiger partial charge on any atom is 0.241 e. The second-order valence-electron chi connectivity index (χ2n) is 7.01. The van der Waals surface area contributed by atoms with Crippen LogP contribution in [0.2, 0.25) is 0 Å². The van der Waals surface area contributed by atoms with Gasteiger partial charge in [0.05, 0.1) is 5.75 Å². The largest absolute Gasteiger partial charge is 0.341 e. The van der Waals surface area contributed by atoms with Crippen molar-refractivity contribution in [3.63, 3.8) is 0 Å². The van der Waals surface area contributed by atoms with E-state index in [2.05, 4.69) is 12.2 Å². The van der Waals surface area contributed by atoms with Gasteiger partial charge in [0.1, 0.15) is 6.04 Å². The van der Waals surface area contributed by atoms with E-state index in [-0.39, 0.29) is 24.1 Å². The molecule has 0 aromatic heterocycles. The molecule has 2 fully saturated rings. The van der Waals surface area contributed by atoms with Gasteiger partial charge in [-0.15, -0.1) is 12.4 Å². The van der Waals surface area contributed by atoms with Gasteiger partial charge in [-0.3, -0.25) is 4.79 Å². The number of hydrogen-bond acceptors (Lipinski definition) is 4. The molecule has 25 heavy (non-hydrogen) atoms. The van der Waals surface area contributed by atoms with Gasteiger partial charge in [0.25, 0.3) is 0 Å². The summed E-state index contributed by atoms with van der Waals surface area (Å²) in [5.74, 6) is 0.790. The lowest BCUT2D eigenvalue weighted by molar-refractivity contribution is -0.137. The van der Waals surface area contributed by atoms with Crippen LogP contribution in [0, 0.1) is 5.92 Å². The van der Waals surface area contributed by atoms with Crippen LogP contribution in [0.25, 0.3) is 0 Å².